The first-order valence-electron chi connectivity index (χ1n) is 5.52. The van der Waals surface area contributed by atoms with Gasteiger partial charge in [0, 0.05) is 0 Å². The van der Waals surface area contributed by atoms with E-state index in [0.29, 0.717) is 0 Å². The van der Waals surface area contributed by atoms with E-state index in [1.165, 1.54) is 18.2 Å². The number of phenolic OH excluding ortho intramolecular Hbond substituents is 2. The number of nitro benzene ring substituents is 1. The molecule has 0 spiro atoms. The maximum atomic E-state index is 10.9. The lowest BCUT2D eigenvalue weighted by Crippen LogP contribution is -1.92. The van der Waals surface area contributed by atoms with Crippen LogP contribution in [0.15, 0.2) is 42.5 Å². The average Bonchev–Trinajstić information content (AvgIpc) is 2.41. The summed E-state index contributed by atoms with van der Waals surface area (Å²) in [6.07, 6.45) is 3.21. The lowest BCUT2D eigenvalue weighted by molar-refractivity contribution is -0.386. The minimum atomic E-state index is -0.722. The Kier molecular flexibility index (Phi) is 3.47. The van der Waals surface area contributed by atoms with Crippen molar-refractivity contribution in [2.75, 3.05) is 0 Å². The molecule has 0 bridgehead atoms. The molecule has 0 atom stereocenters. The highest BCUT2D eigenvalue weighted by molar-refractivity contribution is 5.77. The Bertz CT molecular complexity index is 635. The smallest absolute Gasteiger partial charge is 0.321 e. The summed E-state index contributed by atoms with van der Waals surface area (Å²) in [4.78, 5) is 10.2. The van der Waals surface area contributed by atoms with Gasteiger partial charge in [0.25, 0.3) is 0 Å². The van der Waals surface area contributed by atoms with Crippen molar-refractivity contribution in [1.29, 1.82) is 0 Å². The molecule has 0 unspecified atom stereocenters. The van der Waals surface area contributed by atoms with Crippen LogP contribution in [0.2, 0.25) is 0 Å². The lowest BCUT2D eigenvalue weighted by Gasteiger charge is -2.02. The van der Waals surface area contributed by atoms with Gasteiger partial charge < -0.3 is 10.2 Å². The largest absolute Gasteiger partial charge is 0.504 e. The zero-order valence-corrected chi connectivity index (χ0v) is 9.85. The van der Waals surface area contributed by atoms with Crippen molar-refractivity contribution in [3.8, 4) is 11.5 Å². The van der Waals surface area contributed by atoms with E-state index >= 15 is 0 Å². The summed E-state index contributed by atoms with van der Waals surface area (Å²) < 4.78 is 0. The van der Waals surface area contributed by atoms with Gasteiger partial charge in [0.2, 0.25) is 5.75 Å². The van der Waals surface area contributed by atoms with Crippen LogP contribution in [0.1, 0.15) is 11.1 Å². The Hall–Kier alpha value is -2.82. The molecule has 5 heteroatoms. The first-order valence-corrected chi connectivity index (χ1v) is 5.52. The van der Waals surface area contributed by atoms with Gasteiger partial charge in [-0.05, 0) is 23.8 Å². The third kappa shape index (κ3) is 2.71. The maximum Gasteiger partial charge on any atom is 0.321 e. The van der Waals surface area contributed by atoms with Crippen molar-refractivity contribution < 1.29 is 15.1 Å². The first-order chi connectivity index (χ1) is 9.09. The zero-order valence-electron chi connectivity index (χ0n) is 9.85. The third-order valence-corrected chi connectivity index (χ3v) is 2.60. The maximum absolute atomic E-state index is 10.9. The Morgan fingerprint density at radius 1 is 1.00 bits per heavy atom. The fraction of sp³-hybridized carbons (Fsp3) is 0. The van der Waals surface area contributed by atoms with Gasteiger partial charge in [-0.2, -0.15) is 0 Å². The van der Waals surface area contributed by atoms with Crippen LogP contribution >= 0.6 is 0 Å². The van der Waals surface area contributed by atoms with Gasteiger partial charge in [0.1, 0.15) is 0 Å². The number of nitrogens with zero attached hydrogens (tertiary/aromatic N) is 1. The van der Waals surface area contributed by atoms with E-state index in [-0.39, 0.29) is 5.56 Å². The Morgan fingerprint density at radius 2 is 1.68 bits per heavy atom. The molecular formula is C14H11NO4. The van der Waals surface area contributed by atoms with Crippen LogP contribution in [-0.4, -0.2) is 15.1 Å². The Morgan fingerprint density at radius 3 is 2.32 bits per heavy atom. The number of aromatic hydroxyl groups is 2. The van der Waals surface area contributed by atoms with E-state index in [1.807, 2.05) is 30.3 Å². The van der Waals surface area contributed by atoms with Gasteiger partial charge in [0.05, 0.1) is 10.5 Å². The molecule has 0 aromatic heterocycles. The molecule has 0 aliphatic carbocycles. The predicted octanol–water partition coefficient (Wildman–Crippen LogP) is 3.18. The van der Waals surface area contributed by atoms with Crippen LogP contribution < -0.4 is 0 Å². The highest BCUT2D eigenvalue weighted by Gasteiger charge is 2.21. The molecule has 0 heterocycles. The number of rotatable bonds is 3. The van der Waals surface area contributed by atoms with Crippen molar-refractivity contribution in [2.45, 2.75) is 0 Å². The first kappa shape index (κ1) is 12.6. The highest BCUT2D eigenvalue weighted by atomic mass is 16.6. The molecule has 0 aliphatic rings. The summed E-state index contributed by atoms with van der Waals surface area (Å²) in [6, 6.07) is 11.9. The quantitative estimate of drug-likeness (QED) is 0.383. The van der Waals surface area contributed by atoms with Crippen molar-refractivity contribution in [3.63, 3.8) is 0 Å². The molecule has 2 aromatic carbocycles. The summed E-state index contributed by atoms with van der Waals surface area (Å²) in [5.74, 6) is -1.23. The van der Waals surface area contributed by atoms with Crippen molar-refractivity contribution >= 4 is 17.8 Å². The highest BCUT2D eigenvalue weighted by Crippen LogP contribution is 2.38. The van der Waals surface area contributed by atoms with Gasteiger partial charge >= 0.3 is 5.69 Å². The van der Waals surface area contributed by atoms with Gasteiger partial charge in [-0.15, -0.1) is 0 Å². The second-order valence-corrected chi connectivity index (χ2v) is 3.87. The van der Waals surface area contributed by atoms with Crippen LogP contribution in [0.4, 0.5) is 5.69 Å². The van der Waals surface area contributed by atoms with Gasteiger partial charge in [-0.1, -0.05) is 36.4 Å². The molecule has 5 nitrogen and oxygen atoms in total. The molecule has 0 saturated carbocycles. The predicted molar refractivity (Wildman–Crippen MR) is 71.8 cm³/mol. The van der Waals surface area contributed by atoms with Crippen molar-refractivity contribution in [3.05, 3.63) is 63.7 Å². The molecule has 0 radical (unpaired) electrons. The van der Waals surface area contributed by atoms with E-state index in [4.69, 9.17) is 0 Å². The van der Waals surface area contributed by atoms with Gasteiger partial charge in [-0.25, -0.2) is 0 Å². The van der Waals surface area contributed by atoms with E-state index in [1.54, 1.807) is 6.08 Å². The molecule has 0 saturated heterocycles. The van der Waals surface area contributed by atoms with Crippen LogP contribution in [0, 0.1) is 10.1 Å². The van der Waals surface area contributed by atoms with Crippen LogP contribution in [0.25, 0.3) is 12.2 Å². The molecule has 19 heavy (non-hydrogen) atoms. The molecule has 2 aromatic rings. The monoisotopic (exact) mass is 257 g/mol. The number of nitro groups is 1. The number of phenols is 2. The fourth-order valence-corrected chi connectivity index (χ4v) is 1.66. The van der Waals surface area contributed by atoms with Crippen LogP contribution in [0.3, 0.4) is 0 Å². The Labute approximate surface area is 109 Å². The molecule has 0 fully saturated rings. The van der Waals surface area contributed by atoms with E-state index in [2.05, 4.69) is 0 Å². The second kappa shape index (κ2) is 5.22. The van der Waals surface area contributed by atoms with Crippen molar-refractivity contribution in [1.82, 2.24) is 0 Å². The third-order valence-electron chi connectivity index (χ3n) is 2.60. The topological polar surface area (TPSA) is 83.6 Å². The summed E-state index contributed by atoms with van der Waals surface area (Å²) >= 11 is 0. The van der Waals surface area contributed by atoms with E-state index < -0.39 is 22.1 Å². The summed E-state index contributed by atoms with van der Waals surface area (Å²) in [7, 11) is 0. The minimum Gasteiger partial charge on any atom is -0.504 e. The second-order valence-electron chi connectivity index (χ2n) is 3.87. The average molecular weight is 257 g/mol. The summed E-state index contributed by atoms with van der Waals surface area (Å²) in [6.45, 7) is 0. The molecule has 2 N–H and O–H groups in total. The number of hydrogen-bond donors (Lipinski definition) is 2. The molecule has 96 valence electrons. The molecule has 0 amide bonds. The Balaban J connectivity index is 2.44. The SMILES string of the molecule is O=[N+]([O-])c1c(/C=C/c2ccccc2)ccc(O)c1O. The van der Waals surface area contributed by atoms with Crippen LogP contribution in [-0.2, 0) is 0 Å². The summed E-state index contributed by atoms with van der Waals surface area (Å²) in [5, 5.41) is 29.7. The normalized spacial score (nSPS) is 10.7. The van der Waals surface area contributed by atoms with Crippen molar-refractivity contribution in [2.24, 2.45) is 0 Å². The van der Waals surface area contributed by atoms with Crippen LogP contribution in [0.5, 0.6) is 11.5 Å². The molecule has 2 rings (SSSR count). The van der Waals surface area contributed by atoms with E-state index in [0.717, 1.165) is 5.56 Å². The van der Waals surface area contributed by atoms with E-state index in [9.17, 15) is 20.3 Å². The molecule has 0 aliphatic heterocycles. The van der Waals surface area contributed by atoms with Gasteiger partial charge in [0.15, 0.2) is 5.75 Å². The minimum absolute atomic E-state index is 0.226. The summed E-state index contributed by atoms with van der Waals surface area (Å²) in [5.41, 5.74) is 0.598. The number of benzene rings is 2. The molecular weight excluding hydrogens is 246 g/mol. The van der Waals surface area contributed by atoms with Gasteiger partial charge in [-0.3, -0.25) is 10.1 Å². The number of hydrogen-bond acceptors (Lipinski definition) is 4. The zero-order chi connectivity index (χ0) is 13.8. The fourth-order valence-electron chi connectivity index (χ4n) is 1.66. The lowest BCUT2D eigenvalue weighted by atomic mass is 10.1. The standard InChI is InChI=1S/C14H11NO4/c16-12-9-8-11(13(14(12)17)15(18)19)7-6-10-4-2-1-3-5-10/h1-9,16-17H/b7-6+.